The van der Waals surface area contributed by atoms with E-state index < -0.39 is 11.9 Å². The van der Waals surface area contributed by atoms with E-state index in [0.717, 1.165) is 25.1 Å². The summed E-state index contributed by atoms with van der Waals surface area (Å²) in [5, 5.41) is 19.4. The van der Waals surface area contributed by atoms with E-state index >= 15 is 0 Å². The number of ether oxygens (including phenoxy) is 1. The largest absolute Gasteiger partial charge is 0.494 e. The lowest BCUT2D eigenvalue weighted by Gasteiger charge is -2.32. The highest BCUT2D eigenvalue weighted by Crippen LogP contribution is 2.32. The van der Waals surface area contributed by atoms with Crippen molar-refractivity contribution in [2.24, 2.45) is 0 Å². The van der Waals surface area contributed by atoms with Crippen LogP contribution in [0.3, 0.4) is 0 Å². The lowest BCUT2D eigenvalue weighted by Crippen LogP contribution is -2.34. The van der Waals surface area contributed by atoms with Gasteiger partial charge in [-0.15, -0.1) is 5.10 Å². The van der Waals surface area contributed by atoms with Crippen molar-refractivity contribution in [1.29, 1.82) is 0 Å². The van der Waals surface area contributed by atoms with E-state index in [-0.39, 0.29) is 17.9 Å². The standard InChI is InChI=1S/C22H27FN8O2/c1-12(13(2)32)30-11-16(9-25-30)29-6-4-5-14(10-29)20-27-21-17-7-15(23)8-18(33-3)19(17)26-22(24)31(21)28-20/h7-9,11-14,32H,4-6,10H2,1-3H3,(H2,24,26)/t12?,13?,14-/m1/s1. The first-order valence-electron chi connectivity index (χ1n) is 11.0. The van der Waals surface area contributed by atoms with Crippen molar-refractivity contribution in [1.82, 2.24) is 29.4 Å². The fraction of sp³-hybridized carbons (Fsp3) is 0.455. The number of benzene rings is 1. The van der Waals surface area contributed by atoms with Crippen LogP contribution in [0.2, 0.25) is 0 Å². The molecule has 0 saturated carbocycles. The number of rotatable bonds is 5. The minimum absolute atomic E-state index is 0.0705. The van der Waals surface area contributed by atoms with Gasteiger partial charge in [0.2, 0.25) is 5.95 Å². The number of halogens is 1. The normalized spacial score (nSPS) is 18.7. The van der Waals surface area contributed by atoms with Crippen LogP contribution in [0.5, 0.6) is 5.75 Å². The van der Waals surface area contributed by atoms with Crippen molar-refractivity contribution in [3.05, 3.63) is 36.2 Å². The number of aromatic nitrogens is 6. The van der Waals surface area contributed by atoms with Crippen LogP contribution in [0.4, 0.5) is 16.0 Å². The van der Waals surface area contributed by atoms with Crippen molar-refractivity contribution in [3.8, 4) is 5.75 Å². The number of anilines is 2. The second-order valence-electron chi connectivity index (χ2n) is 8.62. The summed E-state index contributed by atoms with van der Waals surface area (Å²) >= 11 is 0. The number of hydrogen-bond acceptors (Lipinski definition) is 8. The number of fused-ring (bicyclic) bond motifs is 3. The Morgan fingerprint density at radius 3 is 2.85 bits per heavy atom. The van der Waals surface area contributed by atoms with E-state index in [0.29, 0.717) is 34.7 Å². The maximum atomic E-state index is 14.2. The summed E-state index contributed by atoms with van der Waals surface area (Å²) in [4.78, 5) is 11.4. The van der Waals surface area contributed by atoms with Gasteiger partial charge in [-0.2, -0.15) is 9.61 Å². The Morgan fingerprint density at radius 1 is 1.27 bits per heavy atom. The van der Waals surface area contributed by atoms with Gasteiger partial charge in [0.25, 0.3) is 0 Å². The van der Waals surface area contributed by atoms with E-state index in [1.165, 1.54) is 23.8 Å². The first kappa shape index (κ1) is 21.4. The van der Waals surface area contributed by atoms with Gasteiger partial charge in [0.15, 0.2) is 11.5 Å². The Labute approximate surface area is 189 Å². The molecule has 0 amide bonds. The van der Waals surface area contributed by atoms with E-state index in [1.54, 1.807) is 11.6 Å². The SMILES string of the molecule is COc1cc(F)cc2c1nc(N)n1nc([C@@H]3CCCN(c4cnn(C(C)C(C)O)c4)C3)nc21. The molecule has 0 aliphatic carbocycles. The van der Waals surface area contributed by atoms with Crippen LogP contribution in [0, 0.1) is 5.82 Å². The number of nitrogens with two attached hydrogens (primary N) is 1. The minimum Gasteiger partial charge on any atom is -0.494 e. The molecule has 1 fully saturated rings. The first-order valence-corrected chi connectivity index (χ1v) is 11.0. The third-order valence-electron chi connectivity index (χ3n) is 6.42. The molecule has 4 heterocycles. The molecule has 174 valence electrons. The summed E-state index contributed by atoms with van der Waals surface area (Å²) in [6.07, 6.45) is 5.18. The molecule has 3 aromatic heterocycles. The number of nitrogen functional groups attached to an aromatic ring is 1. The predicted molar refractivity (Wildman–Crippen MR) is 122 cm³/mol. The number of nitrogens with zero attached hydrogens (tertiary/aromatic N) is 7. The summed E-state index contributed by atoms with van der Waals surface area (Å²) in [6.45, 7) is 5.30. The molecule has 5 rings (SSSR count). The lowest BCUT2D eigenvalue weighted by atomic mass is 9.97. The smallest absolute Gasteiger partial charge is 0.223 e. The topological polar surface area (TPSA) is 120 Å². The fourth-order valence-corrected chi connectivity index (χ4v) is 4.37. The second kappa shape index (κ2) is 8.14. The van der Waals surface area contributed by atoms with Crippen LogP contribution in [0.1, 0.15) is 44.5 Å². The van der Waals surface area contributed by atoms with Crippen molar-refractivity contribution in [2.75, 3.05) is 30.8 Å². The molecular formula is C22H27FN8O2. The molecule has 1 aliphatic rings. The Bertz CT molecular complexity index is 1320. The molecule has 1 saturated heterocycles. The molecular weight excluding hydrogens is 427 g/mol. The first-order chi connectivity index (χ1) is 15.9. The van der Waals surface area contributed by atoms with Crippen LogP contribution in [0.15, 0.2) is 24.5 Å². The zero-order valence-corrected chi connectivity index (χ0v) is 18.8. The van der Waals surface area contributed by atoms with Crippen molar-refractivity contribution < 1.29 is 14.2 Å². The Kier molecular flexibility index (Phi) is 5.28. The zero-order valence-electron chi connectivity index (χ0n) is 18.8. The van der Waals surface area contributed by atoms with Gasteiger partial charge in [0.1, 0.15) is 17.1 Å². The van der Waals surface area contributed by atoms with Gasteiger partial charge >= 0.3 is 0 Å². The third kappa shape index (κ3) is 3.71. The van der Waals surface area contributed by atoms with Gasteiger partial charge in [-0.25, -0.2) is 14.4 Å². The van der Waals surface area contributed by atoms with Crippen LogP contribution in [0.25, 0.3) is 16.6 Å². The van der Waals surface area contributed by atoms with E-state index in [2.05, 4.69) is 20.1 Å². The van der Waals surface area contributed by atoms with Crippen LogP contribution in [-0.4, -0.2) is 60.8 Å². The maximum Gasteiger partial charge on any atom is 0.223 e. The molecule has 3 atom stereocenters. The number of aliphatic hydroxyl groups excluding tert-OH is 1. The quantitative estimate of drug-likeness (QED) is 0.472. The van der Waals surface area contributed by atoms with Crippen LogP contribution < -0.4 is 15.4 Å². The highest BCUT2D eigenvalue weighted by Gasteiger charge is 2.27. The number of piperidine rings is 1. The van der Waals surface area contributed by atoms with Crippen molar-refractivity contribution >= 4 is 28.2 Å². The molecule has 4 aromatic rings. The summed E-state index contributed by atoms with van der Waals surface area (Å²) in [5.41, 5.74) is 8.06. The fourth-order valence-electron chi connectivity index (χ4n) is 4.37. The van der Waals surface area contributed by atoms with E-state index in [4.69, 9.17) is 15.5 Å². The monoisotopic (exact) mass is 454 g/mol. The number of aliphatic hydroxyl groups is 1. The van der Waals surface area contributed by atoms with Gasteiger partial charge in [0.05, 0.1) is 36.5 Å². The summed E-state index contributed by atoms with van der Waals surface area (Å²) in [6, 6.07) is 2.55. The van der Waals surface area contributed by atoms with Gasteiger partial charge in [-0.1, -0.05) is 0 Å². The van der Waals surface area contributed by atoms with E-state index in [9.17, 15) is 9.50 Å². The Hall–Kier alpha value is -3.47. The number of hydrogen-bond donors (Lipinski definition) is 2. The van der Waals surface area contributed by atoms with Crippen LogP contribution in [-0.2, 0) is 0 Å². The highest BCUT2D eigenvalue weighted by atomic mass is 19.1. The van der Waals surface area contributed by atoms with Gasteiger partial charge < -0.3 is 20.5 Å². The molecule has 1 aromatic carbocycles. The Morgan fingerprint density at radius 2 is 2.09 bits per heavy atom. The maximum absolute atomic E-state index is 14.2. The molecule has 10 nitrogen and oxygen atoms in total. The number of methoxy groups -OCH3 is 1. The average molecular weight is 455 g/mol. The van der Waals surface area contributed by atoms with Crippen molar-refractivity contribution in [3.63, 3.8) is 0 Å². The molecule has 33 heavy (non-hydrogen) atoms. The summed E-state index contributed by atoms with van der Waals surface area (Å²) in [5.74, 6) is 0.748. The Balaban J connectivity index is 1.48. The molecule has 1 aliphatic heterocycles. The third-order valence-corrected chi connectivity index (χ3v) is 6.42. The van der Waals surface area contributed by atoms with Gasteiger partial charge in [0, 0.05) is 31.3 Å². The van der Waals surface area contributed by atoms with Crippen LogP contribution >= 0.6 is 0 Å². The van der Waals surface area contributed by atoms with E-state index in [1.807, 2.05) is 19.3 Å². The molecule has 3 N–H and O–H groups in total. The molecule has 2 unspecified atom stereocenters. The molecule has 0 radical (unpaired) electrons. The molecule has 0 bridgehead atoms. The molecule has 11 heteroatoms. The summed E-state index contributed by atoms with van der Waals surface area (Å²) in [7, 11) is 1.46. The van der Waals surface area contributed by atoms with Crippen molar-refractivity contribution in [2.45, 2.75) is 44.8 Å². The average Bonchev–Trinajstić information content (AvgIpc) is 3.47. The zero-order chi connectivity index (χ0) is 23.3. The minimum atomic E-state index is -0.494. The predicted octanol–water partition coefficient (Wildman–Crippen LogP) is 2.53. The summed E-state index contributed by atoms with van der Waals surface area (Å²) < 4.78 is 22.7. The lowest BCUT2D eigenvalue weighted by molar-refractivity contribution is 0.132. The van der Waals surface area contributed by atoms with Gasteiger partial charge in [-0.05, 0) is 32.8 Å². The molecule has 0 spiro atoms. The van der Waals surface area contributed by atoms with Gasteiger partial charge in [-0.3, -0.25) is 4.68 Å². The highest BCUT2D eigenvalue weighted by molar-refractivity contribution is 5.95. The second-order valence-corrected chi connectivity index (χ2v) is 8.62.